The summed E-state index contributed by atoms with van der Waals surface area (Å²) in [6.07, 6.45) is 0.869. The maximum absolute atomic E-state index is 13.1. The number of ether oxygens (including phenoxy) is 1. The van der Waals surface area contributed by atoms with Crippen LogP contribution in [0.2, 0.25) is 0 Å². The Bertz CT molecular complexity index is 356. The first-order valence-electron chi connectivity index (χ1n) is 5.13. The highest BCUT2D eigenvalue weighted by molar-refractivity contribution is 5.70. The first-order valence-corrected chi connectivity index (χ1v) is 5.13. The molecule has 0 bridgehead atoms. The van der Waals surface area contributed by atoms with Gasteiger partial charge in [-0.25, -0.2) is 4.39 Å². The molecule has 0 aliphatic rings. The van der Waals surface area contributed by atoms with E-state index in [9.17, 15) is 14.3 Å². The Morgan fingerprint density at radius 1 is 1.50 bits per heavy atom. The third-order valence-electron chi connectivity index (χ3n) is 2.51. The number of aromatic hydroxyl groups is 1. The molecule has 0 heterocycles. The molecular formula is C12H15FO3. The van der Waals surface area contributed by atoms with Crippen LogP contribution in [0.15, 0.2) is 18.2 Å². The van der Waals surface area contributed by atoms with Crippen LogP contribution in [0.25, 0.3) is 0 Å². The van der Waals surface area contributed by atoms with Gasteiger partial charge in [0.25, 0.3) is 0 Å². The van der Waals surface area contributed by atoms with Crippen LogP contribution < -0.4 is 0 Å². The summed E-state index contributed by atoms with van der Waals surface area (Å²) < 4.78 is 17.6. The predicted octanol–water partition coefficient (Wildman–Crippen LogP) is 2.59. The van der Waals surface area contributed by atoms with Gasteiger partial charge in [-0.3, -0.25) is 4.79 Å². The van der Waals surface area contributed by atoms with Crippen LogP contribution >= 0.6 is 0 Å². The van der Waals surface area contributed by atoms with Gasteiger partial charge in [0.15, 0.2) is 0 Å². The van der Waals surface area contributed by atoms with Crippen molar-refractivity contribution >= 4 is 5.97 Å². The summed E-state index contributed by atoms with van der Waals surface area (Å²) >= 11 is 0. The Morgan fingerprint density at radius 3 is 2.69 bits per heavy atom. The van der Waals surface area contributed by atoms with E-state index in [-0.39, 0.29) is 24.1 Å². The van der Waals surface area contributed by atoms with Crippen LogP contribution in [0.4, 0.5) is 4.39 Å². The molecular weight excluding hydrogens is 211 g/mol. The first-order chi connectivity index (χ1) is 7.56. The molecule has 0 fully saturated rings. The van der Waals surface area contributed by atoms with Crippen molar-refractivity contribution in [3.05, 3.63) is 29.6 Å². The highest BCUT2D eigenvalue weighted by Crippen LogP contribution is 2.27. The lowest BCUT2D eigenvalue weighted by molar-refractivity contribution is -0.141. The molecule has 0 aliphatic heterocycles. The normalized spacial score (nSPS) is 12.2. The third-order valence-corrected chi connectivity index (χ3v) is 2.51. The summed E-state index contributed by atoms with van der Waals surface area (Å²) in [6, 6.07) is 3.84. The van der Waals surface area contributed by atoms with E-state index in [1.807, 2.05) is 6.92 Å². The van der Waals surface area contributed by atoms with Gasteiger partial charge in [-0.2, -0.15) is 0 Å². The average molecular weight is 226 g/mol. The Labute approximate surface area is 93.9 Å². The quantitative estimate of drug-likeness (QED) is 0.802. The molecule has 0 radical (unpaired) electrons. The summed E-state index contributed by atoms with van der Waals surface area (Å²) in [5.41, 5.74) is 0.616. The fourth-order valence-corrected chi connectivity index (χ4v) is 1.61. The topological polar surface area (TPSA) is 46.5 Å². The SMILES string of the molecule is CC[C@@H](CC(=O)OC)c1cc(O)cc(F)c1. The molecule has 0 spiro atoms. The number of phenols is 1. The van der Waals surface area contributed by atoms with Crippen LogP contribution in [-0.4, -0.2) is 18.2 Å². The molecule has 3 nitrogen and oxygen atoms in total. The second kappa shape index (κ2) is 5.49. The number of rotatable bonds is 4. The van der Waals surface area contributed by atoms with E-state index in [0.717, 1.165) is 6.07 Å². The zero-order chi connectivity index (χ0) is 12.1. The average Bonchev–Trinajstić information content (AvgIpc) is 2.24. The number of methoxy groups -OCH3 is 1. The molecule has 4 heteroatoms. The van der Waals surface area contributed by atoms with Gasteiger partial charge in [-0.05, 0) is 30.0 Å². The smallest absolute Gasteiger partial charge is 0.306 e. The van der Waals surface area contributed by atoms with Crippen LogP contribution in [0.3, 0.4) is 0 Å². The molecule has 0 aromatic heterocycles. The van der Waals surface area contributed by atoms with Gasteiger partial charge in [-0.15, -0.1) is 0 Å². The van der Waals surface area contributed by atoms with Crippen molar-refractivity contribution in [2.24, 2.45) is 0 Å². The number of benzene rings is 1. The Balaban J connectivity index is 2.90. The van der Waals surface area contributed by atoms with Crippen LogP contribution in [0.5, 0.6) is 5.75 Å². The van der Waals surface area contributed by atoms with Crippen molar-refractivity contribution in [2.75, 3.05) is 7.11 Å². The lowest BCUT2D eigenvalue weighted by Gasteiger charge is -2.14. The fourth-order valence-electron chi connectivity index (χ4n) is 1.61. The zero-order valence-electron chi connectivity index (χ0n) is 9.37. The van der Waals surface area contributed by atoms with Crippen molar-refractivity contribution in [1.29, 1.82) is 0 Å². The fraction of sp³-hybridized carbons (Fsp3) is 0.417. The maximum atomic E-state index is 13.1. The Morgan fingerprint density at radius 2 is 2.19 bits per heavy atom. The molecule has 1 aromatic rings. The Kier molecular flexibility index (Phi) is 4.28. The third kappa shape index (κ3) is 3.22. The molecule has 1 atom stereocenters. The lowest BCUT2D eigenvalue weighted by Crippen LogP contribution is -2.08. The van der Waals surface area contributed by atoms with E-state index in [4.69, 9.17) is 0 Å². The monoisotopic (exact) mass is 226 g/mol. The summed E-state index contributed by atoms with van der Waals surface area (Å²) in [4.78, 5) is 11.1. The largest absolute Gasteiger partial charge is 0.508 e. The van der Waals surface area contributed by atoms with Gasteiger partial charge >= 0.3 is 5.97 Å². The number of carbonyl (C=O) groups is 1. The number of hydrogen-bond donors (Lipinski definition) is 1. The van der Waals surface area contributed by atoms with E-state index < -0.39 is 5.82 Å². The minimum Gasteiger partial charge on any atom is -0.508 e. The van der Waals surface area contributed by atoms with Crippen molar-refractivity contribution in [2.45, 2.75) is 25.7 Å². The molecule has 1 aromatic carbocycles. The number of hydrogen-bond acceptors (Lipinski definition) is 3. The van der Waals surface area contributed by atoms with E-state index in [2.05, 4.69) is 4.74 Å². The van der Waals surface area contributed by atoms with Crippen molar-refractivity contribution in [3.8, 4) is 5.75 Å². The summed E-state index contributed by atoms with van der Waals surface area (Å²) in [5.74, 6) is -1.10. The minimum atomic E-state index is -0.502. The van der Waals surface area contributed by atoms with E-state index in [1.165, 1.54) is 19.2 Å². The summed E-state index contributed by atoms with van der Waals surface area (Å²) in [7, 11) is 1.32. The van der Waals surface area contributed by atoms with Crippen molar-refractivity contribution in [3.63, 3.8) is 0 Å². The molecule has 0 amide bonds. The number of carbonyl (C=O) groups excluding carboxylic acids is 1. The van der Waals surface area contributed by atoms with Crippen LogP contribution in [0, 0.1) is 5.82 Å². The predicted molar refractivity (Wildman–Crippen MR) is 57.7 cm³/mol. The highest BCUT2D eigenvalue weighted by atomic mass is 19.1. The second-order valence-electron chi connectivity index (χ2n) is 3.63. The minimum absolute atomic E-state index is 0.127. The maximum Gasteiger partial charge on any atom is 0.306 e. The van der Waals surface area contributed by atoms with Gasteiger partial charge in [0, 0.05) is 6.07 Å². The van der Waals surface area contributed by atoms with E-state index in [0.29, 0.717) is 12.0 Å². The van der Waals surface area contributed by atoms with Crippen LogP contribution in [0.1, 0.15) is 31.2 Å². The molecule has 1 rings (SSSR count). The highest BCUT2D eigenvalue weighted by Gasteiger charge is 2.16. The summed E-state index contributed by atoms with van der Waals surface area (Å²) in [6.45, 7) is 1.90. The van der Waals surface area contributed by atoms with Crippen molar-refractivity contribution < 1.29 is 19.0 Å². The summed E-state index contributed by atoms with van der Waals surface area (Å²) in [5, 5.41) is 9.27. The van der Waals surface area contributed by atoms with E-state index in [1.54, 1.807) is 0 Å². The molecule has 16 heavy (non-hydrogen) atoms. The first kappa shape index (κ1) is 12.5. The zero-order valence-corrected chi connectivity index (χ0v) is 9.37. The molecule has 88 valence electrons. The molecule has 0 aliphatic carbocycles. The molecule has 0 saturated heterocycles. The molecule has 0 unspecified atom stereocenters. The van der Waals surface area contributed by atoms with Crippen molar-refractivity contribution in [1.82, 2.24) is 0 Å². The number of halogens is 1. The van der Waals surface area contributed by atoms with E-state index >= 15 is 0 Å². The lowest BCUT2D eigenvalue weighted by atomic mass is 9.93. The molecule has 0 saturated carbocycles. The van der Waals surface area contributed by atoms with Gasteiger partial charge in [0.1, 0.15) is 11.6 Å². The Hall–Kier alpha value is -1.58. The van der Waals surface area contributed by atoms with Crippen LogP contribution in [-0.2, 0) is 9.53 Å². The van der Waals surface area contributed by atoms with Gasteiger partial charge in [-0.1, -0.05) is 6.92 Å². The van der Waals surface area contributed by atoms with Gasteiger partial charge in [0.2, 0.25) is 0 Å². The van der Waals surface area contributed by atoms with Gasteiger partial charge in [0.05, 0.1) is 13.5 Å². The van der Waals surface area contributed by atoms with Gasteiger partial charge < -0.3 is 9.84 Å². The number of phenolic OH excluding ortho intramolecular Hbond substituents is 1. The standard InChI is InChI=1S/C12H15FO3/c1-3-8(6-12(15)16-2)9-4-10(13)7-11(14)5-9/h4-5,7-8,14H,3,6H2,1-2H3/t8-/m0/s1. The number of esters is 1. The molecule has 1 N–H and O–H groups in total. The second-order valence-corrected chi connectivity index (χ2v) is 3.63.